The molecule has 1 heterocycles. The second kappa shape index (κ2) is 10.6. The van der Waals surface area contributed by atoms with E-state index in [1.54, 1.807) is 60.7 Å². The van der Waals surface area contributed by atoms with Gasteiger partial charge in [-0.3, -0.25) is 4.79 Å². The highest BCUT2D eigenvalue weighted by molar-refractivity contribution is 7.92. The number of ketones is 1. The number of methoxy groups -OCH3 is 1. The van der Waals surface area contributed by atoms with Crippen molar-refractivity contribution in [1.29, 1.82) is 0 Å². The van der Waals surface area contributed by atoms with Gasteiger partial charge in [0, 0.05) is 16.3 Å². The van der Waals surface area contributed by atoms with E-state index in [4.69, 9.17) is 26.8 Å². The van der Waals surface area contributed by atoms with E-state index in [0.29, 0.717) is 34.4 Å². The predicted molar refractivity (Wildman–Crippen MR) is 143 cm³/mol. The first-order valence-corrected chi connectivity index (χ1v) is 13.5. The fraction of sp³-hybridized carbons (Fsp3) is 0.115. The maximum absolute atomic E-state index is 13.7. The smallest absolute Gasteiger partial charge is 0.211 e. The van der Waals surface area contributed by atoms with Crippen LogP contribution < -0.4 is 20.5 Å². The second-order valence-electron chi connectivity index (χ2n) is 7.60. The van der Waals surface area contributed by atoms with Gasteiger partial charge in [-0.25, -0.2) is 8.42 Å². The molecule has 36 heavy (non-hydrogen) atoms. The summed E-state index contributed by atoms with van der Waals surface area (Å²) in [6.07, 6.45) is 0. The minimum absolute atomic E-state index is 0.0213. The molecule has 4 aromatic rings. The molecule has 0 aliphatic rings. The molecule has 0 saturated carbocycles. The SMILES string of the molecule is CCOc1ccc(Nc2sc(C(=O)c3ccc(Cl)cc3)c(N)c2S(=O)(=O)c2ccc(OC)cc2)cc1. The maximum Gasteiger partial charge on any atom is 0.211 e. The molecule has 0 saturated heterocycles. The Morgan fingerprint density at radius 2 is 1.58 bits per heavy atom. The molecular weight excluding hydrogens is 520 g/mol. The van der Waals surface area contributed by atoms with Crippen LogP contribution in [-0.2, 0) is 9.84 Å². The van der Waals surface area contributed by atoms with Crippen molar-refractivity contribution < 1.29 is 22.7 Å². The molecule has 1 aromatic heterocycles. The number of sulfone groups is 1. The molecule has 0 atom stereocenters. The van der Waals surface area contributed by atoms with E-state index in [1.165, 1.54) is 19.2 Å². The lowest BCUT2D eigenvalue weighted by Gasteiger charge is -2.11. The summed E-state index contributed by atoms with van der Waals surface area (Å²) in [6, 6.07) is 19.3. The van der Waals surface area contributed by atoms with Crippen molar-refractivity contribution in [3.63, 3.8) is 0 Å². The summed E-state index contributed by atoms with van der Waals surface area (Å²) < 4.78 is 38.0. The minimum atomic E-state index is -4.09. The van der Waals surface area contributed by atoms with Gasteiger partial charge in [-0.15, -0.1) is 11.3 Å². The van der Waals surface area contributed by atoms with Gasteiger partial charge in [0.1, 0.15) is 26.3 Å². The molecule has 0 amide bonds. The van der Waals surface area contributed by atoms with Gasteiger partial charge >= 0.3 is 0 Å². The van der Waals surface area contributed by atoms with Gasteiger partial charge in [0.15, 0.2) is 0 Å². The highest BCUT2D eigenvalue weighted by Gasteiger charge is 2.31. The molecule has 0 spiro atoms. The van der Waals surface area contributed by atoms with Crippen LogP contribution in [0, 0.1) is 0 Å². The van der Waals surface area contributed by atoms with Gasteiger partial charge in [0.05, 0.1) is 24.3 Å². The number of ether oxygens (including phenoxy) is 2. The lowest BCUT2D eigenvalue weighted by molar-refractivity contribution is 0.104. The molecule has 3 N–H and O–H groups in total. The number of thiophene rings is 1. The Hall–Kier alpha value is -3.53. The molecular formula is C26H23ClN2O5S2. The van der Waals surface area contributed by atoms with Crippen molar-refractivity contribution in [1.82, 2.24) is 0 Å². The van der Waals surface area contributed by atoms with E-state index in [1.807, 2.05) is 6.92 Å². The second-order valence-corrected chi connectivity index (χ2v) is 10.9. The Balaban J connectivity index is 1.82. The average Bonchev–Trinajstić information content (AvgIpc) is 3.21. The topological polar surface area (TPSA) is 108 Å². The zero-order chi connectivity index (χ0) is 25.9. The summed E-state index contributed by atoms with van der Waals surface area (Å²) in [4.78, 5) is 13.3. The third-order valence-corrected chi connectivity index (χ3v) is 8.63. The lowest BCUT2D eigenvalue weighted by atomic mass is 10.1. The molecule has 0 radical (unpaired) electrons. The fourth-order valence-corrected chi connectivity index (χ4v) is 6.54. The van der Waals surface area contributed by atoms with Crippen molar-refractivity contribution in [2.45, 2.75) is 16.7 Å². The van der Waals surface area contributed by atoms with Crippen LogP contribution in [0.3, 0.4) is 0 Å². The summed E-state index contributed by atoms with van der Waals surface area (Å²) in [6.45, 7) is 2.41. The van der Waals surface area contributed by atoms with Gasteiger partial charge in [-0.05, 0) is 79.7 Å². The highest BCUT2D eigenvalue weighted by atomic mass is 35.5. The number of nitrogens with one attached hydrogen (secondary N) is 1. The third kappa shape index (κ3) is 5.18. The average molecular weight is 543 g/mol. The first-order chi connectivity index (χ1) is 17.2. The number of carbonyl (C=O) groups is 1. The monoisotopic (exact) mass is 542 g/mol. The number of hydrogen-bond acceptors (Lipinski definition) is 8. The highest BCUT2D eigenvalue weighted by Crippen LogP contribution is 2.44. The van der Waals surface area contributed by atoms with E-state index in [9.17, 15) is 13.2 Å². The van der Waals surface area contributed by atoms with Crippen LogP contribution in [0.4, 0.5) is 16.4 Å². The van der Waals surface area contributed by atoms with Crippen LogP contribution in [0.25, 0.3) is 0 Å². The Morgan fingerprint density at radius 1 is 0.972 bits per heavy atom. The molecule has 186 valence electrons. The number of rotatable bonds is 9. The number of hydrogen-bond donors (Lipinski definition) is 2. The van der Waals surface area contributed by atoms with E-state index < -0.39 is 15.6 Å². The first-order valence-electron chi connectivity index (χ1n) is 10.9. The van der Waals surface area contributed by atoms with Crippen LogP contribution in [0.2, 0.25) is 5.02 Å². The Bertz CT molecular complexity index is 1480. The maximum atomic E-state index is 13.7. The third-order valence-electron chi connectivity index (χ3n) is 5.27. The summed E-state index contributed by atoms with van der Waals surface area (Å²) in [5.74, 6) is 0.789. The molecule has 0 unspecified atom stereocenters. The van der Waals surface area contributed by atoms with E-state index in [-0.39, 0.29) is 25.4 Å². The minimum Gasteiger partial charge on any atom is -0.497 e. The van der Waals surface area contributed by atoms with Crippen molar-refractivity contribution in [2.75, 3.05) is 24.8 Å². The first kappa shape index (κ1) is 25.6. The quantitative estimate of drug-likeness (QED) is 0.242. The van der Waals surface area contributed by atoms with E-state index >= 15 is 0 Å². The number of carbonyl (C=O) groups excluding carboxylic acids is 1. The fourth-order valence-electron chi connectivity index (χ4n) is 3.48. The van der Waals surface area contributed by atoms with Crippen LogP contribution in [0.1, 0.15) is 22.2 Å². The molecule has 10 heteroatoms. The van der Waals surface area contributed by atoms with Gasteiger partial charge in [0.25, 0.3) is 0 Å². The standard InChI is InChI=1S/C26H23ClN2O5S2/c1-3-34-20-10-8-18(9-11-20)29-26-25(36(31,32)21-14-12-19(33-2)13-15-21)22(28)24(35-26)23(30)16-4-6-17(27)7-5-16/h4-15,29H,3,28H2,1-2H3. The number of halogens is 1. The van der Waals surface area contributed by atoms with Crippen molar-refractivity contribution in [2.24, 2.45) is 0 Å². The van der Waals surface area contributed by atoms with E-state index in [0.717, 1.165) is 11.3 Å². The molecule has 7 nitrogen and oxygen atoms in total. The van der Waals surface area contributed by atoms with Crippen molar-refractivity contribution >= 4 is 54.9 Å². The molecule has 0 bridgehead atoms. The summed E-state index contributed by atoms with van der Waals surface area (Å²) in [7, 11) is -2.60. The van der Waals surface area contributed by atoms with Gasteiger partial charge in [0.2, 0.25) is 15.6 Å². The van der Waals surface area contributed by atoms with Crippen LogP contribution >= 0.6 is 22.9 Å². The van der Waals surface area contributed by atoms with Gasteiger partial charge < -0.3 is 20.5 Å². The Morgan fingerprint density at radius 3 is 2.17 bits per heavy atom. The van der Waals surface area contributed by atoms with Gasteiger partial charge in [-0.1, -0.05) is 11.6 Å². The van der Waals surface area contributed by atoms with Crippen LogP contribution in [0.5, 0.6) is 11.5 Å². The molecule has 3 aromatic carbocycles. The number of nitrogen functional groups attached to an aromatic ring is 1. The van der Waals surface area contributed by atoms with Crippen LogP contribution in [0.15, 0.2) is 82.6 Å². The molecule has 0 aliphatic carbocycles. The van der Waals surface area contributed by atoms with E-state index in [2.05, 4.69) is 5.32 Å². The predicted octanol–water partition coefficient (Wildman–Crippen LogP) is 6.20. The summed E-state index contributed by atoms with van der Waals surface area (Å²) in [5.41, 5.74) is 7.20. The zero-order valence-corrected chi connectivity index (χ0v) is 21.8. The normalized spacial score (nSPS) is 11.2. The summed E-state index contributed by atoms with van der Waals surface area (Å²) >= 11 is 6.93. The number of nitrogens with two attached hydrogens (primary N) is 1. The van der Waals surface area contributed by atoms with Crippen molar-refractivity contribution in [3.8, 4) is 11.5 Å². The van der Waals surface area contributed by atoms with Gasteiger partial charge in [-0.2, -0.15) is 0 Å². The van der Waals surface area contributed by atoms with Crippen molar-refractivity contribution in [3.05, 3.63) is 88.3 Å². The molecule has 0 fully saturated rings. The number of benzene rings is 3. The number of anilines is 3. The molecule has 4 rings (SSSR count). The Labute approximate surface area is 218 Å². The summed E-state index contributed by atoms with van der Waals surface area (Å²) in [5, 5.41) is 3.83. The Kier molecular flexibility index (Phi) is 7.53. The molecule has 0 aliphatic heterocycles. The lowest BCUT2D eigenvalue weighted by Crippen LogP contribution is -2.08. The largest absolute Gasteiger partial charge is 0.497 e. The zero-order valence-electron chi connectivity index (χ0n) is 19.4. The van der Waals surface area contributed by atoms with Crippen LogP contribution in [-0.4, -0.2) is 27.9 Å².